The van der Waals surface area contributed by atoms with Crippen molar-refractivity contribution in [2.75, 3.05) is 5.73 Å². The lowest BCUT2D eigenvalue weighted by molar-refractivity contribution is -0.516. The van der Waals surface area contributed by atoms with Gasteiger partial charge in [-0.05, 0) is 50.6 Å². The first-order chi connectivity index (χ1) is 14.5. The SMILES string of the molecule is Cc1cc(-c2c(-c3ccc(C)o3)nc(N)[n+]3c(=O)n(CCC(F)(F)F)[nH]c23)cc(C)n1. The van der Waals surface area contributed by atoms with E-state index in [4.69, 9.17) is 10.2 Å². The van der Waals surface area contributed by atoms with E-state index in [0.717, 1.165) is 20.5 Å². The number of fused-ring (bicyclic) bond motifs is 1. The number of H-pyrrole nitrogens is 1. The Bertz CT molecular complexity index is 1330. The molecule has 0 atom stereocenters. The third-order valence-corrected chi connectivity index (χ3v) is 4.78. The molecule has 11 heteroatoms. The van der Waals surface area contributed by atoms with E-state index in [1.165, 1.54) is 0 Å². The zero-order valence-electron chi connectivity index (χ0n) is 17.0. The molecule has 0 aliphatic carbocycles. The molecular formula is C20H20F3N6O2+. The largest absolute Gasteiger partial charge is 0.459 e. The molecule has 31 heavy (non-hydrogen) atoms. The van der Waals surface area contributed by atoms with Crippen LogP contribution in [0, 0.1) is 20.8 Å². The van der Waals surface area contributed by atoms with Crippen molar-refractivity contribution in [2.45, 2.75) is 39.9 Å². The van der Waals surface area contributed by atoms with Crippen molar-refractivity contribution in [1.82, 2.24) is 19.7 Å². The van der Waals surface area contributed by atoms with E-state index in [2.05, 4.69) is 15.1 Å². The molecule has 0 spiro atoms. The van der Waals surface area contributed by atoms with Crippen LogP contribution in [0.4, 0.5) is 19.1 Å². The van der Waals surface area contributed by atoms with Crippen LogP contribution < -0.4 is 15.8 Å². The minimum absolute atomic E-state index is 0.169. The second-order valence-electron chi connectivity index (χ2n) is 7.34. The van der Waals surface area contributed by atoms with Gasteiger partial charge in [0.25, 0.3) is 0 Å². The number of rotatable bonds is 4. The normalized spacial score (nSPS) is 12.1. The van der Waals surface area contributed by atoms with Crippen molar-refractivity contribution in [3.05, 3.63) is 51.9 Å². The average Bonchev–Trinajstić information content (AvgIpc) is 3.22. The summed E-state index contributed by atoms with van der Waals surface area (Å²) in [7, 11) is 0. The zero-order chi connectivity index (χ0) is 22.5. The third-order valence-electron chi connectivity index (χ3n) is 4.78. The Morgan fingerprint density at radius 2 is 1.84 bits per heavy atom. The van der Waals surface area contributed by atoms with Gasteiger partial charge in [-0.2, -0.15) is 17.9 Å². The highest BCUT2D eigenvalue weighted by molar-refractivity contribution is 5.87. The highest BCUT2D eigenvalue weighted by Gasteiger charge is 2.31. The molecular weight excluding hydrogens is 413 g/mol. The molecule has 0 radical (unpaired) electrons. The molecule has 0 amide bonds. The number of hydrogen-bond donors (Lipinski definition) is 2. The van der Waals surface area contributed by atoms with Gasteiger partial charge in [-0.25, -0.2) is 9.89 Å². The Balaban J connectivity index is 2.05. The van der Waals surface area contributed by atoms with Gasteiger partial charge < -0.3 is 10.2 Å². The molecule has 4 rings (SSSR count). The number of aromatic amines is 1. The van der Waals surface area contributed by atoms with Crippen LogP contribution >= 0.6 is 0 Å². The summed E-state index contributed by atoms with van der Waals surface area (Å²) in [6.45, 7) is 4.83. The number of nitrogen functional groups attached to an aromatic ring is 1. The number of aryl methyl sites for hydroxylation is 4. The maximum absolute atomic E-state index is 12.8. The summed E-state index contributed by atoms with van der Waals surface area (Å²) in [6.07, 6.45) is -5.58. The van der Waals surface area contributed by atoms with Crippen molar-refractivity contribution in [1.29, 1.82) is 0 Å². The van der Waals surface area contributed by atoms with Crippen LogP contribution in [0.3, 0.4) is 0 Å². The average molecular weight is 433 g/mol. The van der Waals surface area contributed by atoms with Crippen LogP contribution in [-0.4, -0.2) is 25.9 Å². The molecule has 0 saturated carbocycles. The first kappa shape index (κ1) is 20.6. The number of halogens is 3. The van der Waals surface area contributed by atoms with Crippen molar-refractivity contribution in [3.8, 4) is 22.6 Å². The number of nitrogens with two attached hydrogens (primary N) is 1. The lowest BCUT2D eigenvalue weighted by atomic mass is 10.0. The van der Waals surface area contributed by atoms with Crippen LogP contribution in [-0.2, 0) is 6.54 Å². The fourth-order valence-electron chi connectivity index (χ4n) is 3.54. The van der Waals surface area contributed by atoms with Gasteiger partial charge in [0.1, 0.15) is 5.76 Å². The van der Waals surface area contributed by atoms with Crippen LogP contribution in [0.15, 0.2) is 33.5 Å². The van der Waals surface area contributed by atoms with Crippen molar-refractivity contribution in [2.24, 2.45) is 0 Å². The van der Waals surface area contributed by atoms with Crippen LogP contribution in [0.2, 0.25) is 0 Å². The molecule has 162 valence electrons. The lowest BCUT2D eigenvalue weighted by Gasteiger charge is -2.08. The molecule has 4 heterocycles. The van der Waals surface area contributed by atoms with Crippen LogP contribution in [0.25, 0.3) is 28.2 Å². The van der Waals surface area contributed by atoms with Gasteiger partial charge >= 0.3 is 17.8 Å². The second-order valence-corrected chi connectivity index (χ2v) is 7.34. The number of alkyl halides is 3. The van der Waals surface area contributed by atoms with Gasteiger partial charge in [-0.3, -0.25) is 4.98 Å². The summed E-state index contributed by atoms with van der Waals surface area (Å²) in [4.78, 5) is 21.5. The van der Waals surface area contributed by atoms with Gasteiger partial charge in [-0.15, -0.1) is 9.38 Å². The molecule has 0 aliphatic rings. The standard InChI is InChI=1S/C20H19F3N6O2/c1-10-8-13(9-11(2)25-10)15-16(14-5-4-12(3)31-14)26-18(24)29-17(15)27-28(19(29)30)7-6-20(21,22)23/h4-5,8-9H,6-7H2,1-3H3,(H2,24,25,26,27)/p+1. The topological polar surface area (TPSA) is 107 Å². The van der Waals surface area contributed by atoms with Gasteiger partial charge in [0.15, 0.2) is 11.5 Å². The van der Waals surface area contributed by atoms with Gasteiger partial charge in [0, 0.05) is 11.4 Å². The number of anilines is 1. The van der Waals surface area contributed by atoms with E-state index < -0.39 is 24.8 Å². The van der Waals surface area contributed by atoms with E-state index in [1.54, 1.807) is 31.2 Å². The number of furan rings is 1. The number of nitrogens with one attached hydrogen (secondary N) is 1. The summed E-state index contributed by atoms with van der Waals surface area (Å²) in [6, 6.07) is 7.07. The Labute approximate surface area is 174 Å². The number of aromatic nitrogens is 5. The molecule has 0 saturated heterocycles. The maximum Gasteiger partial charge on any atom is 0.428 e. The van der Waals surface area contributed by atoms with Crippen molar-refractivity contribution < 1.29 is 22.0 Å². The van der Waals surface area contributed by atoms with Gasteiger partial charge in [0.2, 0.25) is 5.65 Å². The summed E-state index contributed by atoms with van der Waals surface area (Å²) in [5.41, 5.74) is 8.48. The fraction of sp³-hybridized carbons (Fsp3) is 0.300. The third kappa shape index (κ3) is 3.90. The molecule has 8 nitrogen and oxygen atoms in total. The molecule has 0 fully saturated rings. The van der Waals surface area contributed by atoms with Crippen molar-refractivity contribution >= 4 is 11.6 Å². The highest BCUT2D eigenvalue weighted by atomic mass is 19.4. The maximum atomic E-state index is 12.8. The van der Waals surface area contributed by atoms with Crippen molar-refractivity contribution in [3.63, 3.8) is 0 Å². The summed E-state index contributed by atoms with van der Waals surface area (Å²) in [5.74, 6) is 0.891. The Kier molecular flexibility index (Phi) is 4.83. The highest BCUT2D eigenvalue weighted by Crippen LogP contribution is 2.34. The van der Waals surface area contributed by atoms with E-state index in [9.17, 15) is 18.0 Å². The van der Waals surface area contributed by atoms with E-state index in [0.29, 0.717) is 28.3 Å². The predicted octanol–water partition coefficient (Wildman–Crippen LogP) is 3.09. The fourth-order valence-corrected chi connectivity index (χ4v) is 3.54. The van der Waals surface area contributed by atoms with E-state index in [-0.39, 0.29) is 11.6 Å². The zero-order valence-corrected chi connectivity index (χ0v) is 17.0. The first-order valence-electron chi connectivity index (χ1n) is 9.47. The quantitative estimate of drug-likeness (QED) is 0.481. The smallest absolute Gasteiger partial charge is 0.428 e. The Morgan fingerprint density at radius 1 is 1.16 bits per heavy atom. The Hall–Kier alpha value is -3.63. The molecule has 0 bridgehead atoms. The molecule has 3 N–H and O–H groups in total. The van der Waals surface area contributed by atoms with Gasteiger partial charge in [0.05, 0.1) is 18.5 Å². The van der Waals surface area contributed by atoms with Crippen LogP contribution in [0.1, 0.15) is 23.6 Å². The predicted molar refractivity (Wildman–Crippen MR) is 106 cm³/mol. The molecule has 4 aromatic rings. The number of hydrogen-bond acceptors (Lipinski definition) is 5. The summed E-state index contributed by atoms with van der Waals surface area (Å²) >= 11 is 0. The molecule has 0 aliphatic heterocycles. The molecule has 0 aromatic carbocycles. The van der Waals surface area contributed by atoms with Crippen LogP contribution in [0.5, 0.6) is 0 Å². The monoisotopic (exact) mass is 433 g/mol. The lowest BCUT2D eigenvalue weighted by Crippen LogP contribution is -2.44. The summed E-state index contributed by atoms with van der Waals surface area (Å²) < 4.78 is 45.9. The van der Waals surface area contributed by atoms with Gasteiger partial charge in [-0.1, -0.05) is 0 Å². The first-order valence-corrected chi connectivity index (χ1v) is 9.47. The summed E-state index contributed by atoms with van der Waals surface area (Å²) in [5, 5.41) is 2.79. The Morgan fingerprint density at radius 3 is 2.42 bits per heavy atom. The molecule has 0 unspecified atom stereocenters. The second kappa shape index (κ2) is 7.25. The number of nitrogens with zero attached hydrogens (tertiary/aromatic N) is 4. The van der Waals surface area contributed by atoms with E-state index in [1.807, 2.05) is 13.8 Å². The molecule has 4 aromatic heterocycles. The minimum Gasteiger partial charge on any atom is -0.459 e. The minimum atomic E-state index is -4.41. The number of pyridine rings is 1. The van der Waals surface area contributed by atoms with E-state index >= 15 is 0 Å².